The molecule has 0 atom stereocenters. The maximum Gasteiger partial charge on any atom is 0.276 e. The molecule has 2 aromatic carbocycles. The van der Waals surface area contributed by atoms with E-state index in [0.29, 0.717) is 17.7 Å². The van der Waals surface area contributed by atoms with Gasteiger partial charge in [0.2, 0.25) is 5.89 Å². The van der Waals surface area contributed by atoms with E-state index in [9.17, 15) is 0 Å². The minimum Gasteiger partial charge on any atom is -0.494 e. The monoisotopic (exact) mass is 354 g/mol. The number of hydrogen-bond acceptors (Lipinski definition) is 5. The van der Waals surface area contributed by atoms with E-state index in [1.54, 1.807) is 11.8 Å². The van der Waals surface area contributed by atoms with Crippen LogP contribution < -0.4 is 4.74 Å². The van der Waals surface area contributed by atoms with E-state index < -0.39 is 0 Å². The van der Waals surface area contributed by atoms with Crippen molar-refractivity contribution in [2.24, 2.45) is 0 Å². The Hall–Kier alpha value is -2.27. The highest BCUT2D eigenvalue weighted by Gasteiger charge is 2.08. The van der Waals surface area contributed by atoms with Gasteiger partial charge in [-0.15, -0.1) is 10.2 Å². The van der Waals surface area contributed by atoms with Crippen LogP contribution in [-0.2, 0) is 0 Å². The first-order valence-corrected chi connectivity index (χ1v) is 9.33. The van der Waals surface area contributed by atoms with Crippen LogP contribution in [0.5, 0.6) is 5.75 Å². The van der Waals surface area contributed by atoms with Crippen molar-refractivity contribution < 1.29 is 9.15 Å². The van der Waals surface area contributed by atoms with Gasteiger partial charge in [-0.2, -0.15) is 0 Å². The van der Waals surface area contributed by atoms with Gasteiger partial charge in [0, 0.05) is 11.3 Å². The molecule has 0 fully saturated rings. The highest BCUT2D eigenvalue weighted by Crippen LogP contribution is 2.24. The Morgan fingerprint density at radius 1 is 0.920 bits per heavy atom. The second kappa shape index (κ2) is 8.21. The smallest absolute Gasteiger partial charge is 0.276 e. The molecule has 1 aromatic heterocycles. The van der Waals surface area contributed by atoms with E-state index in [4.69, 9.17) is 9.15 Å². The molecule has 5 heteroatoms. The van der Waals surface area contributed by atoms with Crippen molar-refractivity contribution in [3.8, 4) is 17.2 Å². The quantitative estimate of drug-likeness (QED) is 0.430. The first kappa shape index (κ1) is 17.5. The summed E-state index contributed by atoms with van der Waals surface area (Å²) in [4.78, 5) is 0. The van der Waals surface area contributed by atoms with Crippen LogP contribution in [0.2, 0.25) is 0 Å². The highest BCUT2D eigenvalue weighted by atomic mass is 32.2. The van der Waals surface area contributed by atoms with Gasteiger partial charge < -0.3 is 9.15 Å². The van der Waals surface area contributed by atoms with E-state index in [1.165, 1.54) is 16.7 Å². The number of ether oxygens (including phenoxy) is 1. The Morgan fingerprint density at radius 2 is 1.64 bits per heavy atom. The van der Waals surface area contributed by atoms with Crippen LogP contribution in [0.15, 0.2) is 52.1 Å². The molecule has 0 bridgehead atoms. The van der Waals surface area contributed by atoms with E-state index >= 15 is 0 Å². The van der Waals surface area contributed by atoms with Gasteiger partial charge in [0.15, 0.2) is 0 Å². The fraction of sp³-hybridized carbons (Fsp3) is 0.300. The minimum absolute atomic E-state index is 0.564. The molecule has 0 aliphatic carbocycles. The van der Waals surface area contributed by atoms with Crippen LogP contribution >= 0.6 is 11.8 Å². The number of aromatic nitrogens is 2. The van der Waals surface area contributed by atoms with Crippen molar-refractivity contribution in [3.05, 3.63) is 59.2 Å². The third kappa shape index (κ3) is 5.10. The van der Waals surface area contributed by atoms with Gasteiger partial charge in [0.1, 0.15) is 5.75 Å². The van der Waals surface area contributed by atoms with E-state index in [-0.39, 0.29) is 0 Å². The Kier molecular flexibility index (Phi) is 5.76. The summed E-state index contributed by atoms with van der Waals surface area (Å²) in [7, 11) is 0. The summed E-state index contributed by atoms with van der Waals surface area (Å²) in [6.45, 7) is 6.89. The number of hydrogen-bond donors (Lipinski definition) is 0. The topological polar surface area (TPSA) is 48.2 Å². The summed E-state index contributed by atoms with van der Waals surface area (Å²) in [6, 6.07) is 14.3. The predicted octanol–water partition coefficient (Wildman–Crippen LogP) is 5.22. The molecular formula is C20H22N2O2S. The number of thioether (sulfide) groups is 1. The lowest BCUT2D eigenvalue weighted by atomic mass is 10.1. The van der Waals surface area contributed by atoms with Crippen LogP contribution in [0, 0.1) is 20.8 Å². The molecular weight excluding hydrogens is 332 g/mol. The lowest BCUT2D eigenvalue weighted by molar-refractivity contribution is 0.318. The molecule has 0 saturated carbocycles. The Morgan fingerprint density at radius 3 is 2.36 bits per heavy atom. The highest BCUT2D eigenvalue weighted by molar-refractivity contribution is 7.99. The average molecular weight is 354 g/mol. The summed E-state index contributed by atoms with van der Waals surface area (Å²) >= 11 is 1.56. The first-order valence-electron chi connectivity index (χ1n) is 8.34. The van der Waals surface area contributed by atoms with Crippen molar-refractivity contribution in [2.45, 2.75) is 32.4 Å². The fourth-order valence-electron chi connectivity index (χ4n) is 2.51. The van der Waals surface area contributed by atoms with Gasteiger partial charge in [0.25, 0.3) is 5.22 Å². The van der Waals surface area contributed by atoms with Gasteiger partial charge in [-0.25, -0.2) is 0 Å². The number of rotatable bonds is 7. The van der Waals surface area contributed by atoms with Gasteiger partial charge in [-0.1, -0.05) is 35.5 Å². The number of benzene rings is 2. The molecule has 0 spiro atoms. The second-order valence-corrected chi connectivity index (χ2v) is 7.16. The third-order valence-electron chi connectivity index (χ3n) is 3.68. The lowest BCUT2D eigenvalue weighted by Gasteiger charge is -2.07. The maximum absolute atomic E-state index is 5.81. The van der Waals surface area contributed by atoms with E-state index in [0.717, 1.165) is 23.5 Å². The molecule has 1 heterocycles. The fourth-order valence-corrected chi connectivity index (χ4v) is 3.18. The molecule has 0 aliphatic rings. The summed E-state index contributed by atoms with van der Waals surface area (Å²) in [6.07, 6.45) is 0.917. The van der Waals surface area contributed by atoms with E-state index in [2.05, 4.69) is 49.2 Å². The van der Waals surface area contributed by atoms with Gasteiger partial charge in [0.05, 0.1) is 6.61 Å². The molecule has 3 aromatic rings. The molecule has 130 valence electrons. The van der Waals surface area contributed by atoms with E-state index in [1.807, 2.05) is 24.3 Å². The third-order valence-corrected chi connectivity index (χ3v) is 4.59. The van der Waals surface area contributed by atoms with Crippen LogP contribution in [0.1, 0.15) is 23.1 Å². The van der Waals surface area contributed by atoms with Crippen LogP contribution in [0.4, 0.5) is 0 Å². The largest absolute Gasteiger partial charge is 0.494 e. The van der Waals surface area contributed by atoms with Crippen molar-refractivity contribution in [2.75, 3.05) is 12.4 Å². The van der Waals surface area contributed by atoms with Crippen molar-refractivity contribution in [1.29, 1.82) is 0 Å². The van der Waals surface area contributed by atoms with Crippen LogP contribution in [-0.4, -0.2) is 22.6 Å². The Labute approximate surface area is 152 Å². The van der Waals surface area contributed by atoms with Crippen molar-refractivity contribution in [3.63, 3.8) is 0 Å². The predicted molar refractivity (Wildman–Crippen MR) is 101 cm³/mol. The zero-order valence-electron chi connectivity index (χ0n) is 14.8. The second-order valence-electron chi connectivity index (χ2n) is 6.11. The zero-order valence-corrected chi connectivity index (χ0v) is 15.6. The molecule has 0 saturated heterocycles. The first-order chi connectivity index (χ1) is 12.1. The molecule has 4 nitrogen and oxygen atoms in total. The minimum atomic E-state index is 0.564. The molecule has 0 N–H and O–H groups in total. The van der Waals surface area contributed by atoms with Crippen LogP contribution in [0.25, 0.3) is 11.5 Å². The average Bonchev–Trinajstić information content (AvgIpc) is 3.03. The number of aryl methyl sites for hydroxylation is 3. The maximum atomic E-state index is 5.81. The molecule has 3 rings (SSSR count). The molecule has 0 radical (unpaired) electrons. The number of nitrogens with zero attached hydrogens (tertiary/aromatic N) is 2. The van der Waals surface area contributed by atoms with Crippen molar-refractivity contribution in [1.82, 2.24) is 10.2 Å². The Bertz CT molecular complexity index is 808. The summed E-state index contributed by atoms with van der Waals surface area (Å²) in [5.74, 6) is 2.37. The Balaban J connectivity index is 1.44. The summed E-state index contributed by atoms with van der Waals surface area (Å²) < 4.78 is 11.5. The van der Waals surface area contributed by atoms with Gasteiger partial charge in [-0.3, -0.25) is 0 Å². The molecule has 0 amide bonds. The summed E-state index contributed by atoms with van der Waals surface area (Å²) in [5.41, 5.74) is 4.60. The van der Waals surface area contributed by atoms with Crippen molar-refractivity contribution >= 4 is 11.8 Å². The lowest BCUT2D eigenvalue weighted by Crippen LogP contribution is -1.99. The molecule has 0 aliphatic heterocycles. The van der Waals surface area contributed by atoms with Crippen LogP contribution in [0.3, 0.4) is 0 Å². The molecule has 25 heavy (non-hydrogen) atoms. The van der Waals surface area contributed by atoms with Gasteiger partial charge in [-0.05, 0) is 62.6 Å². The zero-order chi connectivity index (χ0) is 17.6. The van der Waals surface area contributed by atoms with Gasteiger partial charge >= 0.3 is 0 Å². The molecule has 0 unspecified atom stereocenters. The standard InChI is InChI=1S/C20H22N2O2S/c1-14-5-7-17(8-6-14)19-21-22-20(24-19)25-10-4-9-23-18-12-15(2)11-16(3)13-18/h5-8,11-13H,4,9-10H2,1-3H3. The summed E-state index contributed by atoms with van der Waals surface area (Å²) in [5, 5.41) is 8.81. The SMILES string of the molecule is Cc1ccc(-c2nnc(SCCCOc3cc(C)cc(C)c3)o2)cc1. The normalized spacial score (nSPS) is 10.8.